The first-order valence-corrected chi connectivity index (χ1v) is 10.3. The van der Waals surface area contributed by atoms with Crippen LogP contribution in [0.25, 0.3) is 0 Å². The van der Waals surface area contributed by atoms with Crippen molar-refractivity contribution in [3.05, 3.63) is 59.3 Å². The summed E-state index contributed by atoms with van der Waals surface area (Å²) in [5.41, 5.74) is 0.236. The Labute approximate surface area is 178 Å². The largest absolute Gasteiger partial charge is 0.464 e. The number of nitrogens with zero attached hydrogens (tertiary/aromatic N) is 2. The lowest BCUT2D eigenvalue weighted by atomic mass is 9.94. The number of rotatable bonds is 8. The van der Waals surface area contributed by atoms with Crippen LogP contribution in [-0.2, 0) is 22.7 Å². The highest BCUT2D eigenvalue weighted by atomic mass is 19.1. The lowest BCUT2D eigenvalue weighted by Crippen LogP contribution is -2.47. The van der Waals surface area contributed by atoms with Crippen molar-refractivity contribution in [2.45, 2.75) is 54.6 Å². The maximum atomic E-state index is 13.3. The van der Waals surface area contributed by atoms with Crippen molar-refractivity contribution >= 4 is 11.8 Å². The Hall–Kier alpha value is -2.63. The van der Waals surface area contributed by atoms with E-state index in [0.29, 0.717) is 18.8 Å². The van der Waals surface area contributed by atoms with Crippen LogP contribution in [0.1, 0.15) is 51.7 Å². The lowest BCUT2D eigenvalue weighted by Gasteiger charge is -2.32. The van der Waals surface area contributed by atoms with Gasteiger partial charge in [0.05, 0.1) is 13.1 Å². The molecule has 1 aromatic heterocycles. The molecule has 0 aliphatic heterocycles. The van der Waals surface area contributed by atoms with Gasteiger partial charge in [0, 0.05) is 18.5 Å². The molecule has 0 N–H and O–H groups in total. The molecule has 5 nitrogen and oxygen atoms in total. The average molecular weight is 417 g/mol. The lowest BCUT2D eigenvalue weighted by molar-refractivity contribution is -0.146. The molecule has 0 aliphatic carbocycles. The third kappa shape index (κ3) is 7.01. The predicted octanol–water partition coefficient (Wildman–Crippen LogP) is 4.79. The number of halogens is 1. The highest BCUT2D eigenvalue weighted by molar-refractivity contribution is 5.87. The normalized spacial score (nSPS) is 11.6. The summed E-state index contributed by atoms with van der Waals surface area (Å²) in [5, 5.41) is 0. The van der Waals surface area contributed by atoms with E-state index >= 15 is 0 Å². The van der Waals surface area contributed by atoms with Crippen molar-refractivity contribution < 1.29 is 18.4 Å². The molecule has 1 aromatic carbocycles. The minimum absolute atomic E-state index is 0.00479. The van der Waals surface area contributed by atoms with Crippen LogP contribution in [-0.4, -0.2) is 34.7 Å². The minimum atomic E-state index is -0.574. The Morgan fingerprint density at radius 3 is 2.13 bits per heavy atom. The predicted molar refractivity (Wildman–Crippen MR) is 115 cm³/mol. The fourth-order valence-electron chi connectivity index (χ4n) is 3.20. The molecule has 2 aromatic rings. The SMILES string of the molecule is Cc1ccc(CN(Cc2ccc(F)cc2)C(=O)CN(CC(C)C)C(=O)C(C)(C)C)o1. The van der Waals surface area contributed by atoms with Gasteiger partial charge in [-0.2, -0.15) is 0 Å². The van der Waals surface area contributed by atoms with Gasteiger partial charge in [-0.1, -0.05) is 46.8 Å². The summed E-state index contributed by atoms with van der Waals surface area (Å²) in [6, 6.07) is 9.77. The summed E-state index contributed by atoms with van der Waals surface area (Å²) >= 11 is 0. The van der Waals surface area contributed by atoms with Gasteiger partial charge in [-0.25, -0.2) is 4.39 Å². The monoisotopic (exact) mass is 416 g/mol. The van der Waals surface area contributed by atoms with Crippen LogP contribution in [0.5, 0.6) is 0 Å². The van der Waals surface area contributed by atoms with E-state index in [1.54, 1.807) is 21.9 Å². The number of hydrogen-bond acceptors (Lipinski definition) is 3. The van der Waals surface area contributed by atoms with Crippen LogP contribution in [0.15, 0.2) is 40.8 Å². The summed E-state index contributed by atoms with van der Waals surface area (Å²) in [7, 11) is 0. The molecule has 2 rings (SSSR count). The van der Waals surface area contributed by atoms with Crippen LogP contribution in [0.3, 0.4) is 0 Å². The second kappa shape index (κ2) is 9.92. The fourth-order valence-corrected chi connectivity index (χ4v) is 3.20. The van der Waals surface area contributed by atoms with E-state index in [2.05, 4.69) is 0 Å². The smallest absolute Gasteiger partial charge is 0.242 e. The average Bonchev–Trinajstić information content (AvgIpc) is 3.05. The van der Waals surface area contributed by atoms with Crippen molar-refractivity contribution in [3.63, 3.8) is 0 Å². The molecule has 0 bridgehead atoms. The maximum Gasteiger partial charge on any atom is 0.242 e. The summed E-state index contributed by atoms with van der Waals surface area (Å²) in [4.78, 5) is 29.5. The van der Waals surface area contributed by atoms with Gasteiger partial charge in [-0.15, -0.1) is 0 Å². The highest BCUT2D eigenvalue weighted by Crippen LogP contribution is 2.20. The second-order valence-corrected chi connectivity index (χ2v) is 9.22. The molecule has 0 spiro atoms. The molecule has 0 saturated heterocycles. The first kappa shape index (κ1) is 23.6. The van der Waals surface area contributed by atoms with Crippen molar-refractivity contribution in [1.29, 1.82) is 0 Å². The maximum absolute atomic E-state index is 13.3. The molecule has 0 saturated carbocycles. The molecule has 0 atom stereocenters. The number of furan rings is 1. The van der Waals surface area contributed by atoms with Gasteiger partial charge in [-0.3, -0.25) is 9.59 Å². The second-order valence-electron chi connectivity index (χ2n) is 9.22. The van der Waals surface area contributed by atoms with Crippen molar-refractivity contribution in [2.75, 3.05) is 13.1 Å². The molecule has 0 radical (unpaired) electrons. The summed E-state index contributed by atoms with van der Waals surface area (Å²) in [6.07, 6.45) is 0. The van der Waals surface area contributed by atoms with Crippen molar-refractivity contribution in [1.82, 2.24) is 9.80 Å². The van der Waals surface area contributed by atoms with E-state index in [1.807, 2.05) is 53.7 Å². The minimum Gasteiger partial charge on any atom is -0.464 e. The van der Waals surface area contributed by atoms with Gasteiger partial charge in [0.1, 0.15) is 17.3 Å². The molecule has 0 aliphatic rings. The number of amides is 2. The Kier molecular flexibility index (Phi) is 7.82. The van der Waals surface area contributed by atoms with Gasteiger partial charge in [-0.05, 0) is 42.7 Å². The Balaban J connectivity index is 2.24. The number of hydrogen-bond donors (Lipinski definition) is 0. The summed E-state index contributed by atoms with van der Waals surface area (Å²) in [5.74, 6) is 1.12. The third-order valence-electron chi connectivity index (χ3n) is 4.62. The Bertz CT molecular complexity index is 850. The molecular weight excluding hydrogens is 383 g/mol. The first-order chi connectivity index (χ1) is 14.0. The molecule has 1 heterocycles. The number of carbonyl (C=O) groups excluding carboxylic acids is 2. The molecular formula is C24H33FN2O3. The van der Waals surface area contributed by atoms with E-state index < -0.39 is 5.41 Å². The first-order valence-electron chi connectivity index (χ1n) is 10.3. The number of aryl methyl sites for hydroxylation is 1. The van der Waals surface area contributed by atoms with Gasteiger partial charge < -0.3 is 14.2 Å². The van der Waals surface area contributed by atoms with Crippen LogP contribution in [0, 0.1) is 24.1 Å². The van der Waals surface area contributed by atoms with Gasteiger partial charge >= 0.3 is 0 Å². The van der Waals surface area contributed by atoms with Gasteiger partial charge in [0.2, 0.25) is 11.8 Å². The van der Waals surface area contributed by atoms with Crippen LogP contribution < -0.4 is 0 Å². The highest BCUT2D eigenvalue weighted by Gasteiger charge is 2.30. The molecule has 2 amide bonds. The molecule has 164 valence electrons. The molecule has 0 unspecified atom stereocenters. The zero-order chi connectivity index (χ0) is 22.5. The van der Waals surface area contributed by atoms with E-state index in [9.17, 15) is 14.0 Å². The van der Waals surface area contributed by atoms with Gasteiger partial charge in [0.25, 0.3) is 0 Å². The third-order valence-corrected chi connectivity index (χ3v) is 4.62. The van der Waals surface area contributed by atoms with E-state index in [4.69, 9.17) is 4.42 Å². The van der Waals surface area contributed by atoms with Crippen molar-refractivity contribution in [3.8, 4) is 0 Å². The quantitative estimate of drug-likeness (QED) is 0.622. The van der Waals surface area contributed by atoms with Gasteiger partial charge in [0.15, 0.2) is 0 Å². The van der Waals surface area contributed by atoms with E-state index in [0.717, 1.165) is 11.3 Å². The topological polar surface area (TPSA) is 53.8 Å². The van der Waals surface area contributed by atoms with Crippen molar-refractivity contribution in [2.24, 2.45) is 11.3 Å². The standard InChI is InChI=1S/C24H33FN2O3/c1-17(2)13-27(23(29)24(4,5)6)16-22(28)26(15-21-12-7-18(3)30-21)14-19-8-10-20(25)11-9-19/h7-12,17H,13-16H2,1-6H3. The number of benzene rings is 1. The molecule has 6 heteroatoms. The van der Waals surface area contributed by atoms with Crippen LogP contribution >= 0.6 is 0 Å². The Morgan fingerprint density at radius 1 is 1.00 bits per heavy atom. The molecule has 30 heavy (non-hydrogen) atoms. The number of carbonyl (C=O) groups is 2. The zero-order valence-corrected chi connectivity index (χ0v) is 18.9. The van der Waals surface area contributed by atoms with E-state index in [1.165, 1.54) is 12.1 Å². The zero-order valence-electron chi connectivity index (χ0n) is 18.9. The van der Waals surface area contributed by atoms with E-state index in [-0.39, 0.29) is 36.6 Å². The summed E-state index contributed by atoms with van der Waals surface area (Å²) < 4.78 is 18.9. The molecule has 0 fully saturated rings. The van der Waals surface area contributed by atoms with Crippen LogP contribution in [0.4, 0.5) is 4.39 Å². The fraction of sp³-hybridized carbons (Fsp3) is 0.500. The summed E-state index contributed by atoms with van der Waals surface area (Å²) in [6.45, 7) is 12.6. The Morgan fingerprint density at radius 2 is 1.63 bits per heavy atom. The van der Waals surface area contributed by atoms with Crippen LogP contribution in [0.2, 0.25) is 0 Å².